The van der Waals surface area contributed by atoms with Crippen LogP contribution < -0.4 is 9.47 Å². The summed E-state index contributed by atoms with van der Waals surface area (Å²) in [6, 6.07) is 9.42. The maximum Gasteiger partial charge on any atom is 0.175 e. The lowest BCUT2D eigenvalue weighted by Gasteiger charge is -2.14. The Balaban J connectivity index is 2.27. The maximum atomic E-state index is 13.0. The molecule has 2 aromatic carbocycles. The summed E-state index contributed by atoms with van der Waals surface area (Å²) >= 11 is 9.34. The van der Waals surface area contributed by atoms with E-state index in [0.717, 1.165) is 0 Å². The Morgan fingerprint density at radius 3 is 2.68 bits per heavy atom. The van der Waals surface area contributed by atoms with Crippen LogP contribution >= 0.6 is 27.5 Å². The molecule has 0 saturated heterocycles. The molecule has 0 aliphatic carbocycles. The van der Waals surface area contributed by atoms with Crippen molar-refractivity contribution in [3.05, 3.63) is 56.8 Å². The third kappa shape index (κ3) is 3.90. The largest absolute Gasteiger partial charge is 0.490 e. The van der Waals surface area contributed by atoms with Gasteiger partial charge in [-0.3, -0.25) is 0 Å². The summed E-state index contributed by atoms with van der Waals surface area (Å²) in [5.41, 5.74) is 1.12. The molecule has 6 heteroatoms. The number of nitrogens with zero attached hydrogens (tertiary/aromatic N) is 1. The van der Waals surface area contributed by atoms with Gasteiger partial charge in [0, 0.05) is 11.6 Å². The topological polar surface area (TPSA) is 42.2 Å². The summed E-state index contributed by atoms with van der Waals surface area (Å²) in [6.07, 6.45) is 0. The minimum atomic E-state index is -0.400. The number of ether oxygens (including phenoxy) is 2. The molecule has 0 atom stereocenters. The lowest BCUT2D eigenvalue weighted by atomic mass is 10.2. The number of benzene rings is 2. The summed E-state index contributed by atoms with van der Waals surface area (Å²) in [6.45, 7) is 2.44. The highest BCUT2D eigenvalue weighted by Crippen LogP contribution is 2.37. The molecule has 2 aromatic rings. The fraction of sp³-hybridized carbons (Fsp3) is 0.188. The van der Waals surface area contributed by atoms with Crippen LogP contribution in [0.2, 0.25) is 5.02 Å². The molecular formula is C16H12BrClFNO2. The second-order valence-electron chi connectivity index (χ2n) is 4.35. The second kappa shape index (κ2) is 7.48. The fourth-order valence-electron chi connectivity index (χ4n) is 1.82. The van der Waals surface area contributed by atoms with E-state index in [0.29, 0.717) is 38.7 Å². The molecule has 0 spiro atoms. The molecule has 0 radical (unpaired) electrons. The summed E-state index contributed by atoms with van der Waals surface area (Å²) in [5.74, 6) is 0.538. The van der Waals surface area contributed by atoms with Crippen molar-refractivity contribution >= 4 is 27.5 Å². The molecule has 114 valence electrons. The van der Waals surface area contributed by atoms with E-state index in [1.807, 2.05) is 6.92 Å². The molecule has 3 nitrogen and oxygen atoms in total. The zero-order valence-electron chi connectivity index (χ0n) is 11.7. The Bertz CT molecular complexity index is 731. The molecule has 0 heterocycles. The first kappa shape index (κ1) is 16.6. The zero-order chi connectivity index (χ0) is 16.1. The van der Waals surface area contributed by atoms with Crippen LogP contribution in [0.4, 0.5) is 4.39 Å². The first-order valence-corrected chi connectivity index (χ1v) is 7.65. The maximum absolute atomic E-state index is 13.0. The standard InChI is InChI=1S/C16H12BrClFNO2/c1-2-21-15-6-10(8-20)5-13(17)16(15)22-9-11-3-4-12(19)7-14(11)18/h3-7H,2,9H2,1H3. The van der Waals surface area contributed by atoms with Gasteiger partial charge < -0.3 is 9.47 Å². The van der Waals surface area contributed by atoms with Gasteiger partial charge in [-0.2, -0.15) is 5.26 Å². The van der Waals surface area contributed by atoms with Gasteiger partial charge in [0.2, 0.25) is 0 Å². The van der Waals surface area contributed by atoms with Gasteiger partial charge in [0.15, 0.2) is 11.5 Å². The molecule has 0 saturated carbocycles. The third-order valence-corrected chi connectivity index (χ3v) is 3.77. The first-order valence-electron chi connectivity index (χ1n) is 6.48. The van der Waals surface area contributed by atoms with Gasteiger partial charge in [-0.05, 0) is 41.1 Å². The van der Waals surface area contributed by atoms with Crippen molar-refractivity contribution in [2.45, 2.75) is 13.5 Å². The van der Waals surface area contributed by atoms with E-state index in [-0.39, 0.29) is 6.61 Å². The van der Waals surface area contributed by atoms with Crippen LogP contribution in [-0.2, 0) is 6.61 Å². The van der Waals surface area contributed by atoms with Crippen molar-refractivity contribution in [1.29, 1.82) is 5.26 Å². The molecule has 0 bridgehead atoms. The highest BCUT2D eigenvalue weighted by Gasteiger charge is 2.13. The minimum Gasteiger partial charge on any atom is -0.490 e. The Morgan fingerprint density at radius 2 is 2.05 bits per heavy atom. The predicted molar refractivity (Wildman–Crippen MR) is 85.8 cm³/mol. The van der Waals surface area contributed by atoms with Crippen LogP contribution in [-0.4, -0.2) is 6.61 Å². The van der Waals surface area contributed by atoms with E-state index in [9.17, 15) is 4.39 Å². The zero-order valence-corrected chi connectivity index (χ0v) is 14.0. The van der Waals surface area contributed by atoms with E-state index in [1.165, 1.54) is 12.1 Å². The van der Waals surface area contributed by atoms with E-state index in [1.54, 1.807) is 18.2 Å². The lowest BCUT2D eigenvalue weighted by molar-refractivity contribution is 0.267. The van der Waals surface area contributed by atoms with Gasteiger partial charge in [-0.1, -0.05) is 17.7 Å². The Morgan fingerprint density at radius 1 is 1.27 bits per heavy atom. The van der Waals surface area contributed by atoms with Crippen LogP contribution in [0.1, 0.15) is 18.1 Å². The summed E-state index contributed by atoms with van der Waals surface area (Å²) in [4.78, 5) is 0. The average Bonchev–Trinajstić information content (AvgIpc) is 2.48. The Labute approximate surface area is 141 Å². The second-order valence-corrected chi connectivity index (χ2v) is 5.62. The van der Waals surface area contributed by atoms with E-state index in [4.69, 9.17) is 26.3 Å². The quantitative estimate of drug-likeness (QED) is 0.721. The van der Waals surface area contributed by atoms with Gasteiger partial charge in [0.25, 0.3) is 0 Å². The van der Waals surface area contributed by atoms with Gasteiger partial charge in [0.1, 0.15) is 12.4 Å². The predicted octanol–water partition coefficient (Wildman–Crippen LogP) is 5.09. The number of halogens is 3. The number of hydrogen-bond acceptors (Lipinski definition) is 3. The van der Waals surface area contributed by atoms with Crippen molar-refractivity contribution in [2.24, 2.45) is 0 Å². The van der Waals surface area contributed by atoms with Crippen molar-refractivity contribution in [3.63, 3.8) is 0 Å². The number of rotatable bonds is 5. The molecule has 0 unspecified atom stereocenters. The Kier molecular flexibility index (Phi) is 5.64. The number of hydrogen-bond donors (Lipinski definition) is 0. The molecule has 0 fully saturated rings. The highest BCUT2D eigenvalue weighted by molar-refractivity contribution is 9.10. The summed E-state index contributed by atoms with van der Waals surface area (Å²) in [7, 11) is 0. The Hall–Kier alpha value is -1.77. The van der Waals surface area contributed by atoms with Crippen LogP contribution in [0.25, 0.3) is 0 Å². The molecule has 0 aromatic heterocycles. The first-order chi connectivity index (χ1) is 10.5. The van der Waals surface area contributed by atoms with Crippen molar-refractivity contribution < 1.29 is 13.9 Å². The molecule has 0 N–H and O–H groups in total. The van der Waals surface area contributed by atoms with Crippen molar-refractivity contribution in [1.82, 2.24) is 0 Å². The third-order valence-electron chi connectivity index (χ3n) is 2.83. The van der Waals surface area contributed by atoms with Crippen LogP contribution in [0.3, 0.4) is 0 Å². The van der Waals surface area contributed by atoms with E-state index < -0.39 is 5.82 Å². The van der Waals surface area contributed by atoms with E-state index in [2.05, 4.69) is 22.0 Å². The fourth-order valence-corrected chi connectivity index (χ4v) is 2.60. The normalized spacial score (nSPS) is 10.1. The van der Waals surface area contributed by atoms with Crippen molar-refractivity contribution in [2.75, 3.05) is 6.61 Å². The molecule has 22 heavy (non-hydrogen) atoms. The summed E-state index contributed by atoms with van der Waals surface area (Å²) < 4.78 is 24.9. The highest BCUT2D eigenvalue weighted by atomic mass is 79.9. The number of nitriles is 1. The van der Waals surface area contributed by atoms with Crippen LogP contribution in [0, 0.1) is 17.1 Å². The smallest absolute Gasteiger partial charge is 0.175 e. The van der Waals surface area contributed by atoms with Gasteiger partial charge in [0.05, 0.1) is 27.7 Å². The average molecular weight is 385 g/mol. The monoisotopic (exact) mass is 383 g/mol. The molecule has 0 aliphatic heterocycles. The van der Waals surface area contributed by atoms with Crippen LogP contribution in [0.5, 0.6) is 11.5 Å². The van der Waals surface area contributed by atoms with Crippen LogP contribution in [0.15, 0.2) is 34.8 Å². The summed E-state index contributed by atoms with van der Waals surface area (Å²) in [5, 5.41) is 9.29. The molecule has 0 amide bonds. The van der Waals surface area contributed by atoms with E-state index >= 15 is 0 Å². The van der Waals surface area contributed by atoms with Gasteiger partial charge in [-0.25, -0.2) is 4.39 Å². The molecule has 0 aliphatic rings. The van der Waals surface area contributed by atoms with Gasteiger partial charge >= 0.3 is 0 Å². The molecule has 2 rings (SSSR count). The molecular weight excluding hydrogens is 373 g/mol. The minimum absolute atomic E-state index is 0.156. The SMILES string of the molecule is CCOc1cc(C#N)cc(Br)c1OCc1ccc(F)cc1Cl. The van der Waals surface area contributed by atoms with Crippen molar-refractivity contribution in [3.8, 4) is 17.6 Å². The lowest BCUT2D eigenvalue weighted by Crippen LogP contribution is -2.01. The van der Waals surface area contributed by atoms with Gasteiger partial charge in [-0.15, -0.1) is 0 Å².